The first-order valence-corrected chi connectivity index (χ1v) is 7.14. The van der Waals surface area contributed by atoms with Crippen molar-refractivity contribution in [2.45, 2.75) is 19.4 Å². The predicted octanol–water partition coefficient (Wildman–Crippen LogP) is 4.57. The molecule has 1 heterocycles. The summed E-state index contributed by atoms with van der Waals surface area (Å²) < 4.78 is 11.6. The third-order valence-electron chi connectivity index (χ3n) is 2.60. The molecule has 2 rings (SSSR count). The van der Waals surface area contributed by atoms with Crippen LogP contribution in [0.2, 0.25) is 5.22 Å². The fraction of sp³-hybridized carbons (Fsp3) is 0.286. The number of benzene rings is 1. The van der Waals surface area contributed by atoms with Crippen molar-refractivity contribution < 1.29 is 14.3 Å². The Hall–Kier alpha value is -0.970. The molecule has 19 heavy (non-hydrogen) atoms. The van der Waals surface area contributed by atoms with E-state index >= 15 is 0 Å². The molecular weight excluding hydrogens is 332 g/mol. The van der Waals surface area contributed by atoms with Gasteiger partial charge in [0.2, 0.25) is 0 Å². The lowest BCUT2D eigenvalue weighted by atomic mass is 10.1. The molecule has 3 nitrogen and oxygen atoms in total. The zero-order valence-electron chi connectivity index (χ0n) is 10.4. The molecule has 1 aromatic carbocycles. The Balaban J connectivity index is 2.19. The normalized spacial score (nSPS) is 12.4. The van der Waals surface area contributed by atoms with E-state index in [1.165, 1.54) is 0 Å². The maximum absolute atomic E-state index is 10.2. The molecule has 5 heteroatoms. The Bertz CT molecular complexity index is 553. The van der Waals surface area contributed by atoms with Crippen molar-refractivity contribution >= 4 is 27.5 Å². The van der Waals surface area contributed by atoms with Crippen molar-refractivity contribution in [3.63, 3.8) is 0 Å². The van der Waals surface area contributed by atoms with Gasteiger partial charge in [0.15, 0.2) is 5.22 Å². The molecule has 0 radical (unpaired) electrons. The van der Waals surface area contributed by atoms with Gasteiger partial charge in [-0.1, -0.05) is 13.0 Å². The Morgan fingerprint density at radius 3 is 2.74 bits per heavy atom. The quantitative estimate of drug-likeness (QED) is 0.863. The van der Waals surface area contributed by atoms with E-state index in [-0.39, 0.29) is 5.22 Å². The average molecular weight is 346 g/mol. The topological polar surface area (TPSA) is 42.6 Å². The summed E-state index contributed by atoms with van der Waals surface area (Å²) in [7, 11) is 0. The number of rotatable bonds is 5. The number of hydrogen-bond acceptors (Lipinski definition) is 3. The second kappa shape index (κ2) is 6.46. The molecule has 1 aromatic heterocycles. The summed E-state index contributed by atoms with van der Waals surface area (Å²) in [6, 6.07) is 8.70. The van der Waals surface area contributed by atoms with Crippen molar-refractivity contribution in [2.24, 2.45) is 0 Å². The monoisotopic (exact) mass is 344 g/mol. The maximum atomic E-state index is 10.2. The van der Waals surface area contributed by atoms with Crippen LogP contribution < -0.4 is 4.74 Å². The molecule has 0 saturated heterocycles. The third kappa shape index (κ3) is 3.53. The van der Waals surface area contributed by atoms with E-state index in [0.29, 0.717) is 17.9 Å². The van der Waals surface area contributed by atoms with E-state index in [2.05, 4.69) is 15.9 Å². The van der Waals surface area contributed by atoms with Gasteiger partial charge in [-0.05, 0) is 63.8 Å². The van der Waals surface area contributed by atoms with Crippen LogP contribution in [-0.4, -0.2) is 11.7 Å². The van der Waals surface area contributed by atoms with Crippen LogP contribution in [0.5, 0.6) is 5.75 Å². The van der Waals surface area contributed by atoms with Crippen molar-refractivity contribution in [3.8, 4) is 5.75 Å². The van der Waals surface area contributed by atoms with E-state index in [1.807, 2.05) is 19.1 Å². The lowest BCUT2D eigenvalue weighted by Gasteiger charge is -2.12. The van der Waals surface area contributed by atoms with Crippen molar-refractivity contribution in [1.29, 1.82) is 0 Å². The molecule has 0 amide bonds. The van der Waals surface area contributed by atoms with Crippen LogP contribution in [0, 0.1) is 0 Å². The molecular formula is C14H14BrClO3. The fourth-order valence-electron chi connectivity index (χ4n) is 1.66. The lowest BCUT2D eigenvalue weighted by molar-refractivity contribution is 0.189. The molecule has 0 aliphatic rings. The van der Waals surface area contributed by atoms with E-state index in [1.54, 1.807) is 18.2 Å². The Morgan fingerprint density at radius 2 is 2.16 bits per heavy atom. The van der Waals surface area contributed by atoms with Gasteiger partial charge in [-0.15, -0.1) is 0 Å². The van der Waals surface area contributed by atoms with E-state index in [4.69, 9.17) is 20.8 Å². The average Bonchev–Trinajstić information content (AvgIpc) is 2.83. The Labute approximate surface area is 125 Å². The van der Waals surface area contributed by atoms with Crippen molar-refractivity contribution in [2.75, 3.05) is 6.61 Å². The third-order valence-corrected chi connectivity index (χ3v) is 3.42. The van der Waals surface area contributed by atoms with Gasteiger partial charge in [0.25, 0.3) is 0 Å². The Kier molecular flexibility index (Phi) is 4.91. The summed E-state index contributed by atoms with van der Waals surface area (Å²) >= 11 is 9.13. The van der Waals surface area contributed by atoms with Gasteiger partial charge < -0.3 is 14.3 Å². The van der Waals surface area contributed by atoms with Crippen LogP contribution in [0.25, 0.3) is 0 Å². The minimum Gasteiger partial charge on any atom is -0.492 e. The van der Waals surface area contributed by atoms with Crippen LogP contribution in [0.1, 0.15) is 30.8 Å². The second-order valence-corrected chi connectivity index (χ2v) is 5.31. The van der Waals surface area contributed by atoms with Gasteiger partial charge in [0.1, 0.15) is 17.6 Å². The molecule has 0 saturated carbocycles. The molecule has 0 aliphatic carbocycles. The number of furan rings is 1. The number of aliphatic hydroxyl groups is 1. The van der Waals surface area contributed by atoms with Crippen LogP contribution in [-0.2, 0) is 0 Å². The summed E-state index contributed by atoms with van der Waals surface area (Å²) in [6.07, 6.45) is 0.103. The molecule has 0 spiro atoms. The smallest absolute Gasteiger partial charge is 0.193 e. The van der Waals surface area contributed by atoms with Gasteiger partial charge >= 0.3 is 0 Å². The SMILES string of the molecule is CCCOc1ccc(C(O)c2ccc(Cl)o2)cc1Br. The van der Waals surface area contributed by atoms with Gasteiger partial charge in [0.05, 0.1) is 11.1 Å². The summed E-state index contributed by atoms with van der Waals surface area (Å²) in [5, 5.41) is 10.4. The maximum Gasteiger partial charge on any atom is 0.193 e. The summed E-state index contributed by atoms with van der Waals surface area (Å²) in [6.45, 7) is 2.71. The van der Waals surface area contributed by atoms with E-state index in [0.717, 1.165) is 16.6 Å². The molecule has 0 aliphatic heterocycles. The molecule has 0 fully saturated rings. The van der Waals surface area contributed by atoms with Crippen LogP contribution in [0.15, 0.2) is 39.2 Å². The van der Waals surface area contributed by atoms with Crippen molar-refractivity contribution in [1.82, 2.24) is 0 Å². The first-order chi connectivity index (χ1) is 9.11. The standard InChI is InChI=1S/C14H14BrClO3/c1-2-7-18-11-4-3-9(8-10(11)15)14(17)12-5-6-13(16)19-12/h3-6,8,14,17H,2,7H2,1H3. The highest BCUT2D eigenvalue weighted by Gasteiger charge is 2.16. The predicted molar refractivity (Wildman–Crippen MR) is 77.7 cm³/mol. The number of aliphatic hydroxyl groups excluding tert-OH is 1. The fourth-order valence-corrected chi connectivity index (χ4v) is 2.32. The summed E-state index contributed by atoms with van der Waals surface area (Å²) in [5.41, 5.74) is 0.710. The Morgan fingerprint density at radius 1 is 1.37 bits per heavy atom. The number of ether oxygens (including phenoxy) is 1. The van der Waals surface area contributed by atoms with Gasteiger partial charge in [-0.2, -0.15) is 0 Å². The van der Waals surface area contributed by atoms with Crippen molar-refractivity contribution in [3.05, 3.63) is 51.3 Å². The molecule has 1 N–H and O–H groups in total. The van der Waals surface area contributed by atoms with Crippen LogP contribution >= 0.6 is 27.5 Å². The first-order valence-electron chi connectivity index (χ1n) is 5.97. The molecule has 0 bridgehead atoms. The molecule has 1 unspecified atom stereocenters. The van der Waals surface area contributed by atoms with E-state index < -0.39 is 6.10 Å². The number of halogens is 2. The summed E-state index contributed by atoms with van der Waals surface area (Å²) in [5.74, 6) is 1.18. The zero-order chi connectivity index (χ0) is 13.8. The lowest BCUT2D eigenvalue weighted by Crippen LogP contribution is -2.00. The highest BCUT2D eigenvalue weighted by atomic mass is 79.9. The molecule has 2 aromatic rings. The number of hydrogen-bond donors (Lipinski definition) is 1. The first kappa shape index (κ1) is 14.4. The zero-order valence-corrected chi connectivity index (χ0v) is 12.7. The molecule has 1 atom stereocenters. The van der Waals surface area contributed by atoms with E-state index in [9.17, 15) is 5.11 Å². The minimum atomic E-state index is -0.843. The second-order valence-electron chi connectivity index (χ2n) is 4.08. The van der Waals surface area contributed by atoms with Crippen LogP contribution in [0.3, 0.4) is 0 Å². The highest BCUT2D eigenvalue weighted by Crippen LogP contribution is 2.32. The summed E-state index contributed by atoms with van der Waals surface area (Å²) in [4.78, 5) is 0. The minimum absolute atomic E-state index is 0.260. The van der Waals surface area contributed by atoms with Gasteiger partial charge in [-0.25, -0.2) is 0 Å². The largest absolute Gasteiger partial charge is 0.492 e. The van der Waals surface area contributed by atoms with Gasteiger partial charge in [-0.3, -0.25) is 0 Å². The van der Waals surface area contributed by atoms with Gasteiger partial charge in [0, 0.05) is 0 Å². The molecule has 102 valence electrons. The highest BCUT2D eigenvalue weighted by molar-refractivity contribution is 9.10. The van der Waals surface area contributed by atoms with Crippen LogP contribution in [0.4, 0.5) is 0 Å².